The highest BCUT2D eigenvalue weighted by molar-refractivity contribution is 5.71. The van der Waals surface area contributed by atoms with E-state index in [1.54, 1.807) is 6.92 Å². The van der Waals surface area contributed by atoms with Crippen molar-refractivity contribution in [3.05, 3.63) is 0 Å². The van der Waals surface area contributed by atoms with Gasteiger partial charge in [0.1, 0.15) is 0 Å². The monoisotopic (exact) mass is 132 g/mol. The molecule has 0 aromatic rings. The van der Waals surface area contributed by atoms with Gasteiger partial charge < -0.3 is 9.59 Å². The van der Waals surface area contributed by atoms with Gasteiger partial charge in [-0.15, -0.1) is 0 Å². The first-order valence-electron chi connectivity index (χ1n) is 2.89. The van der Waals surface area contributed by atoms with Crippen LogP contribution in [0.2, 0.25) is 0 Å². The SMILES string of the molecule is C[C@@H](C(=O)O)[N+](C)(C)C. The highest BCUT2D eigenvalue weighted by Crippen LogP contribution is 2.00. The number of likely N-dealkylation sites (N-methyl/N-ethyl adjacent to an activating group) is 1. The minimum atomic E-state index is -0.748. The molecular weight excluding hydrogens is 118 g/mol. The maximum absolute atomic E-state index is 10.3. The van der Waals surface area contributed by atoms with E-state index in [1.165, 1.54) is 0 Å². The van der Waals surface area contributed by atoms with Crippen LogP contribution in [0.25, 0.3) is 0 Å². The van der Waals surface area contributed by atoms with Crippen molar-refractivity contribution in [2.75, 3.05) is 21.1 Å². The summed E-state index contributed by atoms with van der Waals surface area (Å²) in [5, 5.41) is 8.50. The van der Waals surface area contributed by atoms with E-state index in [2.05, 4.69) is 0 Å². The molecule has 0 aromatic carbocycles. The summed E-state index contributed by atoms with van der Waals surface area (Å²) in [5.41, 5.74) is 0. The molecule has 54 valence electrons. The van der Waals surface area contributed by atoms with Gasteiger partial charge in [-0.25, -0.2) is 4.79 Å². The van der Waals surface area contributed by atoms with Gasteiger partial charge >= 0.3 is 5.97 Å². The van der Waals surface area contributed by atoms with E-state index in [1.807, 2.05) is 21.1 Å². The highest BCUT2D eigenvalue weighted by Gasteiger charge is 2.24. The average molecular weight is 132 g/mol. The normalized spacial score (nSPS) is 15.1. The summed E-state index contributed by atoms with van der Waals surface area (Å²) in [4.78, 5) is 10.3. The molecule has 0 bridgehead atoms. The molecule has 0 aromatic heterocycles. The van der Waals surface area contributed by atoms with Gasteiger partial charge in [-0.3, -0.25) is 0 Å². The maximum atomic E-state index is 10.3. The summed E-state index contributed by atoms with van der Waals surface area (Å²) in [7, 11) is 5.58. The summed E-state index contributed by atoms with van der Waals surface area (Å²) in [6.07, 6.45) is 0. The van der Waals surface area contributed by atoms with Crippen LogP contribution < -0.4 is 0 Å². The van der Waals surface area contributed by atoms with Crippen molar-refractivity contribution < 1.29 is 14.4 Å². The molecular formula is C6H14NO2+. The van der Waals surface area contributed by atoms with E-state index in [4.69, 9.17) is 5.11 Å². The lowest BCUT2D eigenvalue weighted by Crippen LogP contribution is -2.47. The number of carboxylic acids is 1. The van der Waals surface area contributed by atoms with E-state index >= 15 is 0 Å². The minimum Gasteiger partial charge on any atom is -0.477 e. The molecule has 0 spiro atoms. The van der Waals surface area contributed by atoms with Gasteiger partial charge in [-0.1, -0.05) is 0 Å². The molecule has 9 heavy (non-hydrogen) atoms. The molecule has 0 saturated carbocycles. The van der Waals surface area contributed by atoms with Crippen molar-refractivity contribution in [1.29, 1.82) is 0 Å². The Morgan fingerprint density at radius 2 is 1.78 bits per heavy atom. The summed E-state index contributed by atoms with van der Waals surface area (Å²) >= 11 is 0. The van der Waals surface area contributed by atoms with Crippen LogP contribution in [0.1, 0.15) is 6.92 Å². The Labute approximate surface area is 55.5 Å². The molecule has 0 rings (SSSR count). The van der Waals surface area contributed by atoms with E-state index in [-0.39, 0.29) is 6.04 Å². The van der Waals surface area contributed by atoms with Gasteiger partial charge in [0.05, 0.1) is 21.1 Å². The fourth-order valence-corrected chi connectivity index (χ4v) is 0.331. The predicted molar refractivity (Wildman–Crippen MR) is 35.1 cm³/mol. The van der Waals surface area contributed by atoms with E-state index < -0.39 is 5.97 Å². The third kappa shape index (κ3) is 2.46. The first kappa shape index (κ1) is 8.43. The third-order valence-corrected chi connectivity index (χ3v) is 1.52. The Kier molecular flexibility index (Phi) is 2.20. The van der Waals surface area contributed by atoms with Gasteiger partial charge in [-0.2, -0.15) is 0 Å². The molecule has 0 saturated heterocycles. The summed E-state index contributed by atoms with van der Waals surface area (Å²) in [5.74, 6) is -0.748. The molecule has 0 aliphatic rings. The Balaban J connectivity index is 4.04. The standard InChI is InChI=1S/C6H13NO2/c1-5(6(8)9)7(2,3)4/h5H,1-4H3/p+1/t5-/m0/s1. The third-order valence-electron chi connectivity index (χ3n) is 1.52. The topological polar surface area (TPSA) is 37.3 Å². The summed E-state index contributed by atoms with van der Waals surface area (Å²) < 4.78 is 0.468. The zero-order valence-electron chi connectivity index (χ0n) is 6.38. The lowest BCUT2D eigenvalue weighted by atomic mass is 10.3. The lowest BCUT2D eigenvalue weighted by molar-refractivity contribution is -0.885. The first-order valence-corrected chi connectivity index (χ1v) is 2.89. The minimum absolute atomic E-state index is 0.329. The first-order chi connectivity index (χ1) is 3.85. The molecule has 3 nitrogen and oxygen atoms in total. The predicted octanol–water partition coefficient (Wildman–Crippen LogP) is 0.166. The molecule has 0 unspecified atom stereocenters. The fourth-order valence-electron chi connectivity index (χ4n) is 0.331. The number of hydrogen-bond acceptors (Lipinski definition) is 1. The van der Waals surface area contributed by atoms with Gasteiger partial charge in [0.25, 0.3) is 0 Å². The van der Waals surface area contributed by atoms with Crippen LogP contribution in [0.15, 0.2) is 0 Å². The van der Waals surface area contributed by atoms with Gasteiger partial charge in [0.2, 0.25) is 0 Å². The van der Waals surface area contributed by atoms with Crippen LogP contribution in [-0.4, -0.2) is 42.7 Å². The number of quaternary nitrogens is 1. The number of aliphatic carboxylic acids is 1. The molecule has 0 aliphatic heterocycles. The largest absolute Gasteiger partial charge is 0.477 e. The zero-order valence-corrected chi connectivity index (χ0v) is 6.38. The molecule has 0 heterocycles. The molecule has 3 heteroatoms. The Morgan fingerprint density at radius 3 is 1.78 bits per heavy atom. The number of rotatable bonds is 2. The molecule has 0 amide bonds. The van der Waals surface area contributed by atoms with Gasteiger partial charge in [0, 0.05) is 0 Å². The Bertz CT molecular complexity index is 115. The van der Waals surface area contributed by atoms with Crippen LogP contribution >= 0.6 is 0 Å². The second-order valence-electron chi connectivity index (χ2n) is 3.13. The number of carboxylic acid groups (broad SMARTS) is 1. The number of nitrogens with zero attached hydrogens (tertiary/aromatic N) is 1. The van der Waals surface area contributed by atoms with Crippen LogP contribution in [0.4, 0.5) is 0 Å². The molecule has 0 radical (unpaired) electrons. The summed E-state index contributed by atoms with van der Waals surface area (Å²) in [6.45, 7) is 1.70. The molecule has 0 aliphatic carbocycles. The van der Waals surface area contributed by atoms with Crippen molar-refractivity contribution in [2.24, 2.45) is 0 Å². The average Bonchev–Trinajstić information content (AvgIpc) is 1.62. The van der Waals surface area contributed by atoms with Gasteiger partial charge in [-0.05, 0) is 6.92 Å². The fraction of sp³-hybridized carbons (Fsp3) is 0.833. The number of hydrogen-bond donors (Lipinski definition) is 1. The highest BCUT2D eigenvalue weighted by atomic mass is 16.4. The van der Waals surface area contributed by atoms with Crippen LogP contribution in [0, 0.1) is 0 Å². The van der Waals surface area contributed by atoms with Crippen molar-refractivity contribution in [2.45, 2.75) is 13.0 Å². The summed E-state index contributed by atoms with van der Waals surface area (Å²) in [6, 6.07) is -0.329. The van der Waals surface area contributed by atoms with Crippen molar-refractivity contribution >= 4 is 5.97 Å². The second-order valence-corrected chi connectivity index (χ2v) is 3.13. The Hall–Kier alpha value is -0.570. The quantitative estimate of drug-likeness (QED) is 0.544. The lowest BCUT2D eigenvalue weighted by Gasteiger charge is -2.28. The van der Waals surface area contributed by atoms with Crippen molar-refractivity contribution in [1.82, 2.24) is 0 Å². The Morgan fingerprint density at radius 1 is 1.44 bits per heavy atom. The van der Waals surface area contributed by atoms with Crippen molar-refractivity contribution in [3.8, 4) is 0 Å². The van der Waals surface area contributed by atoms with Crippen LogP contribution in [0.5, 0.6) is 0 Å². The van der Waals surface area contributed by atoms with E-state index in [9.17, 15) is 4.79 Å². The number of carbonyl (C=O) groups is 1. The molecule has 0 fully saturated rings. The van der Waals surface area contributed by atoms with Gasteiger partial charge in [0.15, 0.2) is 6.04 Å². The van der Waals surface area contributed by atoms with Crippen LogP contribution in [-0.2, 0) is 4.79 Å². The van der Waals surface area contributed by atoms with Crippen molar-refractivity contribution in [3.63, 3.8) is 0 Å². The van der Waals surface area contributed by atoms with E-state index in [0.717, 1.165) is 0 Å². The van der Waals surface area contributed by atoms with Crippen LogP contribution in [0.3, 0.4) is 0 Å². The second kappa shape index (κ2) is 2.35. The molecule has 1 N–H and O–H groups in total. The zero-order chi connectivity index (χ0) is 7.65. The van der Waals surface area contributed by atoms with E-state index in [0.29, 0.717) is 4.48 Å². The smallest absolute Gasteiger partial charge is 0.362 e. The maximum Gasteiger partial charge on any atom is 0.362 e. The molecule has 1 atom stereocenters.